The number of hydrogen-bond donors (Lipinski definition) is 3. The summed E-state index contributed by atoms with van der Waals surface area (Å²) in [7, 11) is 1.60. The smallest absolute Gasteiger partial charge is 0.255 e. The molecule has 1 aliphatic rings. The number of carbonyl (C=O) groups is 1. The molecule has 1 amide bonds. The largest absolute Gasteiger partial charge is 0.508 e. The number of piperidine rings is 1. The molecule has 3 aromatic rings. The van der Waals surface area contributed by atoms with Crippen LogP contribution in [0.3, 0.4) is 0 Å². The third-order valence-electron chi connectivity index (χ3n) is 6.29. The summed E-state index contributed by atoms with van der Waals surface area (Å²) in [5.74, 6) is 0.451. The van der Waals surface area contributed by atoms with Crippen LogP contribution in [-0.2, 0) is 6.42 Å². The highest BCUT2D eigenvalue weighted by molar-refractivity contribution is 6.12. The topological polar surface area (TPSA) is 85.9 Å². The average Bonchev–Trinajstić information content (AvgIpc) is 3.19. The summed E-state index contributed by atoms with van der Waals surface area (Å²) < 4.78 is 6.14. The van der Waals surface area contributed by atoms with E-state index < -0.39 is 0 Å². The number of furan rings is 1. The van der Waals surface area contributed by atoms with Crippen LogP contribution in [0.25, 0.3) is 22.3 Å². The van der Waals surface area contributed by atoms with Crippen molar-refractivity contribution in [3.05, 3.63) is 53.6 Å². The van der Waals surface area contributed by atoms with E-state index in [1.54, 1.807) is 19.2 Å². The lowest BCUT2D eigenvalue weighted by Gasteiger charge is -2.35. The molecule has 1 fully saturated rings. The molecule has 6 nitrogen and oxygen atoms in total. The van der Waals surface area contributed by atoms with Gasteiger partial charge in [-0.15, -0.1) is 0 Å². The highest BCUT2D eigenvalue weighted by Gasteiger charge is 2.27. The van der Waals surface area contributed by atoms with E-state index >= 15 is 0 Å². The molecule has 4 rings (SSSR count). The van der Waals surface area contributed by atoms with Crippen LogP contribution in [0.15, 0.2) is 46.9 Å². The summed E-state index contributed by atoms with van der Waals surface area (Å²) in [4.78, 5) is 15.3. The Labute approximate surface area is 182 Å². The van der Waals surface area contributed by atoms with E-state index in [-0.39, 0.29) is 18.3 Å². The Bertz CT molecular complexity index is 1040. The Balaban J connectivity index is 1.75. The first-order valence-electron chi connectivity index (χ1n) is 11.0. The molecular formula is C25H30N2O4. The molecule has 1 unspecified atom stereocenters. The molecule has 1 saturated heterocycles. The van der Waals surface area contributed by atoms with Crippen molar-refractivity contribution >= 4 is 16.9 Å². The summed E-state index contributed by atoms with van der Waals surface area (Å²) in [6.45, 7) is 1.94. The second kappa shape index (κ2) is 9.54. The fourth-order valence-electron chi connectivity index (χ4n) is 4.72. The predicted molar refractivity (Wildman–Crippen MR) is 121 cm³/mol. The van der Waals surface area contributed by atoms with Gasteiger partial charge < -0.3 is 19.9 Å². The molecule has 31 heavy (non-hydrogen) atoms. The zero-order valence-electron chi connectivity index (χ0n) is 17.9. The number of aliphatic hydroxyl groups is 1. The van der Waals surface area contributed by atoms with Crippen molar-refractivity contribution in [3.63, 3.8) is 0 Å². The fourth-order valence-corrected chi connectivity index (χ4v) is 4.72. The molecule has 1 aliphatic heterocycles. The lowest BCUT2D eigenvalue weighted by Crippen LogP contribution is -2.41. The van der Waals surface area contributed by atoms with Crippen LogP contribution in [0.2, 0.25) is 0 Å². The van der Waals surface area contributed by atoms with E-state index in [4.69, 9.17) is 4.42 Å². The van der Waals surface area contributed by atoms with Gasteiger partial charge in [0.15, 0.2) is 0 Å². The minimum Gasteiger partial charge on any atom is -0.508 e. The van der Waals surface area contributed by atoms with E-state index in [1.165, 1.54) is 6.42 Å². The first-order valence-corrected chi connectivity index (χ1v) is 11.0. The number of fused-ring (bicyclic) bond motifs is 1. The molecule has 3 N–H and O–H groups in total. The minimum atomic E-state index is -0.236. The SMILES string of the molecule is CNC(=O)c1c(-c2ccccc2)oc2ccc(O)c(CCN3CCCCC3CCO)c12. The van der Waals surface area contributed by atoms with E-state index in [9.17, 15) is 15.0 Å². The number of aromatic hydroxyl groups is 1. The van der Waals surface area contributed by atoms with E-state index in [1.807, 2.05) is 30.3 Å². The highest BCUT2D eigenvalue weighted by Crippen LogP contribution is 2.39. The van der Waals surface area contributed by atoms with Gasteiger partial charge in [0.2, 0.25) is 0 Å². The Morgan fingerprint density at radius 3 is 2.74 bits per heavy atom. The summed E-state index contributed by atoms with van der Waals surface area (Å²) in [5.41, 5.74) is 2.60. The fraction of sp³-hybridized carbons (Fsp3) is 0.400. The Hall–Kier alpha value is -2.83. The highest BCUT2D eigenvalue weighted by atomic mass is 16.3. The number of nitrogens with one attached hydrogen (secondary N) is 1. The number of amides is 1. The van der Waals surface area contributed by atoms with Crippen molar-refractivity contribution < 1.29 is 19.4 Å². The average molecular weight is 423 g/mol. The van der Waals surface area contributed by atoms with Crippen LogP contribution in [0.1, 0.15) is 41.6 Å². The number of aliphatic hydroxyl groups excluding tert-OH is 1. The monoisotopic (exact) mass is 422 g/mol. The van der Waals surface area contributed by atoms with E-state index in [2.05, 4.69) is 10.2 Å². The number of carbonyl (C=O) groups excluding carboxylic acids is 1. The Kier molecular flexibility index (Phi) is 6.59. The lowest BCUT2D eigenvalue weighted by atomic mass is 9.96. The van der Waals surface area contributed by atoms with Crippen molar-refractivity contribution in [2.45, 2.75) is 38.1 Å². The molecule has 6 heteroatoms. The van der Waals surface area contributed by atoms with Gasteiger partial charge in [0.25, 0.3) is 5.91 Å². The van der Waals surface area contributed by atoms with Crippen LogP contribution in [0.4, 0.5) is 0 Å². The summed E-state index contributed by atoms with van der Waals surface area (Å²) >= 11 is 0. The van der Waals surface area contributed by atoms with Gasteiger partial charge in [0, 0.05) is 42.8 Å². The molecule has 0 aliphatic carbocycles. The number of rotatable bonds is 7. The van der Waals surface area contributed by atoms with Crippen LogP contribution < -0.4 is 5.32 Å². The third-order valence-corrected chi connectivity index (χ3v) is 6.29. The molecule has 1 aromatic heterocycles. The second-order valence-electron chi connectivity index (χ2n) is 8.14. The van der Waals surface area contributed by atoms with Gasteiger partial charge in [0.1, 0.15) is 17.1 Å². The van der Waals surface area contributed by atoms with Crippen molar-refractivity contribution in [1.82, 2.24) is 10.2 Å². The van der Waals surface area contributed by atoms with Gasteiger partial charge in [-0.2, -0.15) is 0 Å². The molecule has 2 aromatic carbocycles. The van der Waals surface area contributed by atoms with Gasteiger partial charge >= 0.3 is 0 Å². The van der Waals surface area contributed by atoms with Crippen molar-refractivity contribution in [2.75, 3.05) is 26.7 Å². The number of likely N-dealkylation sites (tertiary alicyclic amines) is 1. The predicted octanol–water partition coefficient (Wildman–Crippen LogP) is 3.94. The maximum atomic E-state index is 12.9. The zero-order chi connectivity index (χ0) is 21.8. The van der Waals surface area contributed by atoms with Gasteiger partial charge in [-0.25, -0.2) is 0 Å². The van der Waals surface area contributed by atoms with Crippen molar-refractivity contribution in [1.29, 1.82) is 0 Å². The van der Waals surface area contributed by atoms with Gasteiger partial charge in [-0.05, 0) is 44.4 Å². The second-order valence-corrected chi connectivity index (χ2v) is 8.14. The summed E-state index contributed by atoms with van der Waals surface area (Å²) in [6, 6.07) is 13.3. The first-order chi connectivity index (χ1) is 15.1. The van der Waals surface area contributed by atoms with Crippen LogP contribution in [0.5, 0.6) is 5.75 Å². The Morgan fingerprint density at radius 2 is 2.00 bits per heavy atom. The molecule has 164 valence electrons. The summed E-state index contributed by atoms with van der Waals surface area (Å²) in [6.07, 6.45) is 4.78. The van der Waals surface area contributed by atoms with Crippen LogP contribution in [-0.4, -0.2) is 53.8 Å². The standard InChI is InChI=1S/C25H30N2O4/c1-26-25(30)23-22-19(12-15-27-14-6-5-9-18(27)13-16-28)20(29)10-11-21(22)31-24(23)17-7-3-2-4-8-17/h2-4,7-8,10-11,18,28-29H,5-6,9,12-16H2,1H3,(H,26,30). The lowest BCUT2D eigenvalue weighted by molar-refractivity contribution is 0.0964. The molecule has 0 saturated carbocycles. The van der Waals surface area contributed by atoms with Crippen LogP contribution in [0, 0.1) is 0 Å². The third kappa shape index (κ3) is 4.31. The zero-order valence-corrected chi connectivity index (χ0v) is 17.9. The van der Waals surface area contributed by atoms with E-state index in [0.717, 1.165) is 43.5 Å². The van der Waals surface area contributed by atoms with Gasteiger partial charge in [0.05, 0.1) is 5.56 Å². The quantitative estimate of drug-likeness (QED) is 0.537. The normalized spacial score (nSPS) is 17.2. The van der Waals surface area contributed by atoms with Gasteiger partial charge in [-0.3, -0.25) is 9.69 Å². The van der Waals surface area contributed by atoms with Gasteiger partial charge in [-0.1, -0.05) is 36.8 Å². The van der Waals surface area contributed by atoms with Crippen LogP contribution >= 0.6 is 0 Å². The number of phenols is 1. The number of nitrogens with zero attached hydrogens (tertiary/aromatic N) is 1. The summed E-state index contributed by atoms with van der Waals surface area (Å²) in [5, 5.41) is 23.6. The molecular weight excluding hydrogens is 392 g/mol. The molecule has 2 heterocycles. The number of benzene rings is 2. The van der Waals surface area contributed by atoms with Crippen molar-refractivity contribution in [2.24, 2.45) is 0 Å². The van der Waals surface area contributed by atoms with E-state index in [0.29, 0.717) is 34.8 Å². The maximum absolute atomic E-state index is 12.9. The maximum Gasteiger partial charge on any atom is 0.255 e. The molecule has 0 bridgehead atoms. The number of phenolic OH excluding ortho intramolecular Hbond substituents is 1. The van der Waals surface area contributed by atoms with Crippen molar-refractivity contribution in [3.8, 4) is 17.1 Å². The molecule has 0 radical (unpaired) electrons. The molecule has 0 spiro atoms. The first kappa shape index (κ1) is 21.4. The number of hydrogen-bond acceptors (Lipinski definition) is 5. The Morgan fingerprint density at radius 1 is 1.19 bits per heavy atom. The molecule has 1 atom stereocenters. The minimum absolute atomic E-state index is 0.175.